The minimum absolute atomic E-state index is 0. The molecule has 2 N–H and O–H groups in total. The summed E-state index contributed by atoms with van der Waals surface area (Å²) in [5.41, 5.74) is 0. The first-order chi connectivity index (χ1) is 8.18. The summed E-state index contributed by atoms with van der Waals surface area (Å²) in [6.07, 6.45) is 0.952. The van der Waals surface area contributed by atoms with Crippen molar-refractivity contribution in [3.8, 4) is 0 Å². The summed E-state index contributed by atoms with van der Waals surface area (Å²) in [5.74, 6) is -0.141. The van der Waals surface area contributed by atoms with E-state index in [9.17, 15) is 13.6 Å². The number of carbonyl (C=O) groups is 1. The third kappa shape index (κ3) is 8.60. The normalized spacial score (nSPS) is 18.7. The number of alkyl halides is 2. The molecule has 18 heavy (non-hydrogen) atoms. The third-order valence-corrected chi connectivity index (χ3v) is 2.69. The number of amides is 1. The van der Waals surface area contributed by atoms with Gasteiger partial charge in [0.15, 0.2) is 0 Å². The van der Waals surface area contributed by atoms with Crippen LogP contribution < -0.4 is 10.6 Å². The van der Waals surface area contributed by atoms with Crippen molar-refractivity contribution in [2.45, 2.75) is 38.2 Å². The summed E-state index contributed by atoms with van der Waals surface area (Å²) in [4.78, 5) is 11.3. The molecule has 1 aliphatic rings. The molecular weight excluding hydrogens is 266 g/mol. The van der Waals surface area contributed by atoms with Gasteiger partial charge in [-0.2, -0.15) is 0 Å². The molecule has 1 rings (SSSR count). The lowest BCUT2D eigenvalue weighted by molar-refractivity contribution is -0.122. The van der Waals surface area contributed by atoms with Crippen LogP contribution in [0.25, 0.3) is 0 Å². The first-order valence-corrected chi connectivity index (χ1v) is 6.04. The Bertz CT molecular complexity index is 227. The van der Waals surface area contributed by atoms with E-state index in [0.29, 0.717) is 12.6 Å². The smallest absolute Gasteiger partial charge is 0.261 e. The third-order valence-electron chi connectivity index (χ3n) is 2.69. The molecule has 0 unspecified atom stereocenters. The van der Waals surface area contributed by atoms with Crippen LogP contribution in [0.5, 0.6) is 0 Å². The molecule has 0 aromatic carbocycles. The lowest BCUT2D eigenvalue weighted by Crippen LogP contribution is -2.31. The summed E-state index contributed by atoms with van der Waals surface area (Å²) >= 11 is 0. The largest absolute Gasteiger partial charge is 0.375 e. The highest BCUT2D eigenvalue weighted by Crippen LogP contribution is 2.07. The van der Waals surface area contributed by atoms with Crippen LogP contribution in [0, 0.1) is 0 Å². The summed E-state index contributed by atoms with van der Waals surface area (Å²) in [5, 5.41) is 6.09. The van der Waals surface area contributed by atoms with Crippen LogP contribution in [-0.2, 0) is 9.53 Å². The maximum absolute atomic E-state index is 11.7. The van der Waals surface area contributed by atoms with Gasteiger partial charge >= 0.3 is 0 Å². The minimum atomic E-state index is -2.47. The van der Waals surface area contributed by atoms with Gasteiger partial charge < -0.3 is 15.4 Å². The van der Waals surface area contributed by atoms with Crippen LogP contribution in [0.1, 0.15) is 25.7 Å². The van der Waals surface area contributed by atoms with Gasteiger partial charge in [-0.25, -0.2) is 8.78 Å². The highest BCUT2D eigenvalue weighted by molar-refractivity contribution is 5.85. The van der Waals surface area contributed by atoms with Crippen molar-refractivity contribution >= 4 is 18.3 Å². The molecule has 1 fully saturated rings. The monoisotopic (exact) mass is 286 g/mol. The Morgan fingerprint density at radius 3 is 2.89 bits per heavy atom. The number of halogens is 3. The quantitative estimate of drug-likeness (QED) is 0.662. The highest BCUT2D eigenvalue weighted by atomic mass is 35.5. The number of carbonyl (C=O) groups excluding carboxylic acids is 1. The number of nitrogens with one attached hydrogen (secondary N) is 2. The van der Waals surface area contributed by atoms with Crippen molar-refractivity contribution in [3.05, 3.63) is 0 Å². The maximum Gasteiger partial charge on any atom is 0.261 e. The Labute approximate surface area is 112 Å². The van der Waals surface area contributed by atoms with Gasteiger partial charge in [0.05, 0.1) is 6.61 Å². The fourth-order valence-electron chi connectivity index (χ4n) is 1.81. The molecule has 108 valence electrons. The summed E-state index contributed by atoms with van der Waals surface area (Å²) in [6.45, 7) is 1.14. The molecule has 1 heterocycles. The van der Waals surface area contributed by atoms with E-state index in [0.717, 1.165) is 19.4 Å². The lowest BCUT2D eigenvalue weighted by Gasteiger charge is -2.10. The molecular formula is C11H21ClF2N2O2. The number of rotatable bonds is 8. The molecule has 0 saturated carbocycles. The van der Waals surface area contributed by atoms with Crippen LogP contribution in [0.2, 0.25) is 0 Å². The van der Waals surface area contributed by atoms with Gasteiger partial charge in [0.2, 0.25) is 5.91 Å². The fraction of sp³-hybridized carbons (Fsp3) is 0.909. The number of ether oxygens (including phenoxy) is 1. The molecule has 0 aromatic rings. The average Bonchev–Trinajstić information content (AvgIpc) is 2.77. The van der Waals surface area contributed by atoms with Crippen LogP contribution >= 0.6 is 12.4 Å². The van der Waals surface area contributed by atoms with Crippen LogP contribution in [0.4, 0.5) is 8.78 Å². The molecule has 1 atom stereocenters. The van der Waals surface area contributed by atoms with Crippen LogP contribution in [-0.4, -0.2) is 44.7 Å². The summed E-state index contributed by atoms with van der Waals surface area (Å²) < 4.78 is 28.0. The average molecular weight is 287 g/mol. The van der Waals surface area contributed by atoms with Gasteiger partial charge in [-0.1, -0.05) is 0 Å². The number of hydrogen-bond acceptors (Lipinski definition) is 3. The molecule has 0 spiro atoms. The standard InChI is InChI=1S/C11H20F2N2O2.ClH/c12-10(13)8-17-7-4-11(16)15-6-3-9-2-1-5-14-9;/h9-10,14H,1-8H2,(H,15,16);1H/t9-;/m1./s1. The fourth-order valence-corrected chi connectivity index (χ4v) is 1.81. The Balaban J connectivity index is 0.00000289. The van der Waals surface area contributed by atoms with Crippen LogP contribution in [0.15, 0.2) is 0 Å². The van der Waals surface area contributed by atoms with Crippen molar-refractivity contribution in [2.24, 2.45) is 0 Å². The van der Waals surface area contributed by atoms with Gasteiger partial charge in [0.1, 0.15) is 6.61 Å². The molecule has 1 amide bonds. The molecule has 4 nitrogen and oxygen atoms in total. The van der Waals surface area contributed by atoms with Gasteiger partial charge in [-0.3, -0.25) is 4.79 Å². The second-order valence-electron chi connectivity index (χ2n) is 4.15. The lowest BCUT2D eigenvalue weighted by atomic mass is 10.1. The molecule has 0 bridgehead atoms. The highest BCUT2D eigenvalue weighted by Gasteiger charge is 2.13. The van der Waals surface area contributed by atoms with Crippen molar-refractivity contribution in [1.29, 1.82) is 0 Å². The Hall–Kier alpha value is -0.460. The zero-order valence-corrected chi connectivity index (χ0v) is 11.1. The second kappa shape index (κ2) is 10.5. The minimum Gasteiger partial charge on any atom is -0.375 e. The Morgan fingerprint density at radius 1 is 1.50 bits per heavy atom. The first kappa shape index (κ1) is 17.5. The van der Waals surface area contributed by atoms with E-state index in [-0.39, 0.29) is 31.3 Å². The van der Waals surface area contributed by atoms with E-state index >= 15 is 0 Å². The van der Waals surface area contributed by atoms with E-state index in [1.807, 2.05) is 0 Å². The first-order valence-electron chi connectivity index (χ1n) is 6.04. The molecule has 1 saturated heterocycles. The summed E-state index contributed by atoms with van der Waals surface area (Å²) in [7, 11) is 0. The summed E-state index contributed by atoms with van der Waals surface area (Å²) in [6, 6.07) is 0.505. The van der Waals surface area contributed by atoms with E-state index < -0.39 is 13.0 Å². The zero-order valence-electron chi connectivity index (χ0n) is 10.3. The van der Waals surface area contributed by atoms with Gasteiger partial charge in [-0.15, -0.1) is 12.4 Å². The van der Waals surface area contributed by atoms with E-state index in [4.69, 9.17) is 0 Å². The number of hydrogen-bond donors (Lipinski definition) is 2. The van der Waals surface area contributed by atoms with Crippen molar-refractivity contribution in [3.63, 3.8) is 0 Å². The molecule has 1 aliphatic heterocycles. The van der Waals surface area contributed by atoms with Crippen molar-refractivity contribution in [2.75, 3.05) is 26.3 Å². The van der Waals surface area contributed by atoms with E-state index in [2.05, 4.69) is 15.4 Å². The predicted octanol–water partition coefficient (Wildman–Crippen LogP) is 1.34. The molecule has 0 aromatic heterocycles. The van der Waals surface area contributed by atoms with Crippen LogP contribution in [0.3, 0.4) is 0 Å². The van der Waals surface area contributed by atoms with E-state index in [1.165, 1.54) is 6.42 Å². The predicted molar refractivity (Wildman–Crippen MR) is 67.3 cm³/mol. The van der Waals surface area contributed by atoms with Gasteiger partial charge in [0, 0.05) is 19.0 Å². The maximum atomic E-state index is 11.7. The van der Waals surface area contributed by atoms with Gasteiger partial charge in [0.25, 0.3) is 6.43 Å². The Morgan fingerprint density at radius 2 is 2.28 bits per heavy atom. The topological polar surface area (TPSA) is 50.4 Å². The zero-order chi connectivity index (χ0) is 12.5. The van der Waals surface area contributed by atoms with Crippen molar-refractivity contribution in [1.82, 2.24) is 10.6 Å². The van der Waals surface area contributed by atoms with Crippen molar-refractivity contribution < 1.29 is 18.3 Å². The SMILES string of the molecule is Cl.O=C(CCOCC(F)F)NCC[C@H]1CCCN1. The molecule has 7 heteroatoms. The molecule has 0 aliphatic carbocycles. The second-order valence-corrected chi connectivity index (χ2v) is 4.15. The van der Waals surface area contributed by atoms with Gasteiger partial charge in [-0.05, 0) is 25.8 Å². The van der Waals surface area contributed by atoms with E-state index in [1.54, 1.807) is 0 Å². The molecule has 0 radical (unpaired) electrons. The Kier molecular flexibility index (Phi) is 10.2.